The van der Waals surface area contributed by atoms with Crippen LogP contribution in [-0.2, 0) is 4.79 Å². The third kappa shape index (κ3) is 5.00. The zero-order valence-electron chi connectivity index (χ0n) is 12.6. The summed E-state index contributed by atoms with van der Waals surface area (Å²) in [4.78, 5) is 26.5. The number of amides is 2. The van der Waals surface area contributed by atoms with Crippen LogP contribution in [0.3, 0.4) is 0 Å². The lowest BCUT2D eigenvalue weighted by atomic mass is 9.98. The molecule has 0 aliphatic carbocycles. The lowest BCUT2D eigenvalue weighted by Crippen LogP contribution is -2.47. The molecule has 6 nitrogen and oxygen atoms in total. The number of likely N-dealkylation sites (tertiary alicyclic amines) is 1. The Labute approximate surface area is 120 Å². The highest BCUT2D eigenvalue weighted by molar-refractivity contribution is 5.75. The van der Waals surface area contributed by atoms with Crippen LogP contribution < -0.4 is 0 Å². The average molecular weight is 286 g/mol. The van der Waals surface area contributed by atoms with Gasteiger partial charge in [0.2, 0.25) is 0 Å². The molecular formula is C14H26N2O4. The van der Waals surface area contributed by atoms with Crippen LogP contribution in [0.2, 0.25) is 0 Å². The molecule has 0 spiro atoms. The van der Waals surface area contributed by atoms with Crippen molar-refractivity contribution in [1.82, 2.24) is 9.80 Å². The maximum atomic E-state index is 12.5. The normalized spacial score (nSPS) is 23.6. The molecule has 1 atom stereocenters. The van der Waals surface area contributed by atoms with E-state index in [1.54, 1.807) is 16.7 Å². The quantitative estimate of drug-likeness (QED) is 0.821. The van der Waals surface area contributed by atoms with Crippen LogP contribution in [-0.4, -0.2) is 63.3 Å². The number of aliphatic hydroxyl groups is 1. The maximum Gasteiger partial charge on any atom is 0.320 e. The average Bonchev–Trinajstić information content (AvgIpc) is 2.49. The zero-order chi connectivity index (χ0) is 15.3. The van der Waals surface area contributed by atoms with Gasteiger partial charge in [0.15, 0.2) is 0 Å². The predicted molar refractivity (Wildman–Crippen MR) is 75.5 cm³/mol. The molecule has 20 heavy (non-hydrogen) atoms. The van der Waals surface area contributed by atoms with Crippen LogP contribution in [0.5, 0.6) is 0 Å². The van der Waals surface area contributed by atoms with Crippen molar-refractivity contribution in [1.29, 1.82) is 0 Å². The number of rotatable bonds is 4. The molecule has 1 unspecified atom stereocenters. The Balaban J connectivity index is 2.66. The maximum absolute atomic E-state index is 12.5. The van der Waals surface area contributed by atoms with Gasteiger partial charge in [-0.15, -0.1) is 0 Å². The second-order valence-corrected chi connectivity index (χ2v) is 6.05. The summed E-state index contributed by atoms with van der Waals surface area (Å²) >= 11 is 0. The number of urea groups is 1. The van der Waals surface area contributed by atoms with Gasteiger partial charge in [-0.3, -0.25) is 4.79 Å². The molecule has 0 aromatic heterocycles. The van der Waals surface area contributed by atoms with Gasteiger partial charge in [0.25, 0.3) is 0 Å². The van der Waals surface area contributed by atoms with Gasteiger partial charge in [0.05, 0.1) is 12.0 Å². The van der Waals surface area contributed by atoms with Crippen molar-refractivity contribution < 1.29 is 19.8 Å². The standard InChI is InChI=1S/C14H26N2O4/c1-11(2)16(9-5-12(17)18)13(19)15-8-4-6-14(3,20)7-10-15/h11,20H,4-10H2,1-3H3,(H,17,18). The minimum Gasteiger partial charge on any atom is -0.481 e. The third-order valence-electron chi connectivity index (χ3n) is 3.77. The molecule has 1 rings (SSSR count). The van der Waals surface area contributed by atoms with Crippen molar-refractivity contribution in [3.05, 3.63) is 0 Å². The van der Waals surface area contributed by atoms with Gasteiger partial charge in [0.1, 0.15) is 0 Å². The van der Waals surface area contributed by atoms with E-state index in [0.717, 1.165) is 6.42 Å². The van der Waals surface area contributed by atoms with E-state index in [9.17, 15) is 14.7 Å². The van der Waals surface area contributed by atoms with Gasteiger partial charge in [-0.2, -0.15) is 0 Å². The Hall–Kier alpha value is -1.30. The molecule has 116 valence electrons. The lowest BCUT2D eigenvalue weighted by molar-refractivity contribution is -0.137. The van der Waals surface area contributed by atoms with Crippen LogP contribution in [0, 0.1) is 0 Å². The van der Waals surface area contributed by atoms with Crippen LogP contribution in [0.25, 0.3) is 0 Å². The molecule has 0 radical (unpaired) electrons. The van der Waals surface area contributed by atoms with E-state index >= 15 is 0 Å². The van der Waals surface area contributed by atoms with Crippen molar-refractivity contribution in [2.24, 2.45) is 0 Å². The van der Waals surface area contributed by atoms with Crippen molar-refractivity contribution in [3.8, 4) is 0 Å². The Morgan fingerprint density at radius 3 is 2.50 bits per heavy atom. The van der Waals surface area contributed by atoms with Crippen LogP contribution in [0.15, 0.2) is 0 Å². The first kappa shape index (κ1) is 16.8. The van der Waals surface area contributed by atoms with Gasteiger partial charge in [-0.05, 0) is 40.0 Å². The van der Waals surface area contributed by atoms with Gasteiger partial charge in [0, 0.05) is 25.7 Å². The van der Waals surface area contributed by atoms with E-state index < -0.39 is 11.6 Å². The van der Waals surface area contributed by atoms with Crippen molar-refractivity contribution in [3.63, 3.8) is 0 Å². The highest BCUT2D eigenvalue weighted by atomic mass is 16.4. The highest BCUT2D eigenvalue weighted by Gasteiger charge is 2.30. The van der Waals surface area contributed by atoms with E-state index in [0.29, 0.717) is 25.9 Å². The fourth-order valence-corrected chi connectivity index (χ4v) is 2.43. The fraction of sp³-hybridized carbons (Fsp3) is 0.857. The van der Waals surface area contributed by atoms with Gasteiger partial charge >= 0.3 is 12.0 Å². The summed E-state index contributed by atoms with van der Waals surface area (Å²) in [5, 5.41) is 18.8. The molecule has 0 bridgehead atoms. The second kappa shape index (κ2) is 6.92. The first-order chi connectivity index (χ1) is 9.23. The molecule has 1 aliphatic heterocycles. The summed E-state index contributed by atoms with van der Waals surface area (Å²) in [5.74, 6) is -0.901. The number of aliphatic carboxylic acids is 1. The number of hydrogen-bond donors (Lipinski definition) is 2. The number of carbonyl (C=O) groups is 2. The van der Waals surface area contributed by atoms with Gasteiger partial charge in [-0.25, -0.2) is 4.79 Å². The molecule has 1 heterocycles. The predicted octanol–water partition coefficient (Wildman–Crippen LogP) is 1.53. The first-order valence-corrected chi connectivity index (χ1v) is 7.22. The Morgan fingerprint density at radius 1 is 1.30 bits per heavy atom. The number of carbonyl (C=O) groups excluding carboxylic acids is 1. The number of carboxylic acids is 1. The van der Waals surface area contributed by atoms with Crippen molar-refractivity contribution >= 4 is 12.0 Å². The summed E-state index contributed by atoms with van der Waals surface area (Å²) in [6.07, 6.45) is 1.97. The smallest absolute Gasteiger partial charge is 0.320 e. The molecule has 1 saturated heterocycles. The Bertz CT molecular complexity index is 355. The number of carboxylic acid groups (broad SMARTS) is 1. The summed E-state index contributed by atoms with van der Waals surface area (Å²) in [6.45, 7) is 6.92. The van der Waals surface area contributed by atoms with Crippen LogP contribution in [0.4, 0.5) is 4.79 Å². The second-order valence-electron chi connectivity index (χ2n) is 6.05. The van der Waals surface area contributed by atoms with Crippen LogP contribution in [0.1, 0.15) is 46.5 Å². The topological polar surface area (TPSA) is 81.1 Å². The van der Waals surface area contributed by atoms with Gasteiger partial charge in [-0.1, -0.05) is 0 Å². The van der Waals surface area contributed by atoms with Gasteiger partial charge < -0.3 is 20.0 Å². The summed E-state index contributed by atoms with van der Waals surface area (Å²) in [5.41, 5.74) is -0.710. The zero-order valence-corrected chi connectivity index (χ0v) is 12.6. The Kier molecular flexibility index (Phi) is 5.80. The molecule has 0 aromatic rings. The first-order valence-electron chi connectivity index (χ1n) is 7.22. The minimum atomic E-state index is -0.901. The largest absolute Gasteiger partial charge is 0.481 e. The summed E-state index contributed by atoms with van der Waals surface area (Å²) < 4.78 is 0. The molecule has 0 saturated carbocycles. The highest BCUT2D eigenvalue weighted by Crippen LogP contribution is 2.22. The molecule has 1 fully saturated rings. The van der Waals surface area contributed by atoms with Crippen molar-refractivity contribution in [2.45, 2.75) is 58.1 Å². The molecule has 0 aromatic carbocycles. The molecule has 2 amide bonds. The van der Waals surface area contributed by atoms with E-state index in [-0.39, 0.29) is 25.0 Å². The van der Waals surface area contributed by atoms with E-state index in [1.807, 2.05) is 13.8 Å². The minimum absolute atomic E-state index is 0.0365. The Morgan fingerprint density at radius 2 is 1.95 bits per heavy atom. The lowest BCUT2D eigenvalue weighted by Gasteiger charge is -2.32. The van der Waals surface area contributed by atoms with E-state index in [1.165, 1.54) is 0 Å². The summed E-state index contributed by atoms with van der Waals surface area (Å²) in [6, 6.07) is -0.162. The molecular weight excluding hydrogens is 260 g/mol. The third-order valence-corrected chi connectivity index (χ3v) is 3.77. The number of nitrogens with zero attached hydrogens (tertiary/aromatic N) is 2. The SMILES string of the molecule is CC(C)N(CCC(=O)O)C(=O)N1CCCC(C)(O)CC1. The molecule has 2 N–H and O–H groups in total. The van der Waals surface area contributed by atoms with Crippen molar-refractivity contribution in [2.75, 3.05) is 19.6 Å². The molecule has 1 aliphatic rings. The monoisotopic (exact) mass is 286 g/mol. The summed E-state index contributed by atoms with van der Waals surface area (Å²) in [7, 11) is 0. The van der Waals surface area contributed by atoms with E-state index in [4.69, 9.17) is 5.11 Å². The van der Waals surface area contributed by atoms with E-state index in [2.05, 4.69) is 0 Å². The molecule has 6 heteroatoms. The fourth-order valence-electron chi connectivity index (χ4n) is 2.43. The number of hydrogen-bond acceptors (Lipinski definition) is 3. The van der Waals surface area contributed by atoms with Crippen LogP contribution >= 0.6 is 0 Å².